The molecule has 0 bridgehead atoms. The molecule has 0 aliphatic heterocycles. The summed E-state index contributed by atoms with van der Waals surface area (Å²) in [6.45, 7) is 2.71. The largest absolute Gasteiger partial charge is 0.383 e. The SMILES string of the molecule is COCC(C)N(C)c1ccc(C#N)cn1. The van der Waals surface area contributed by atoms with E-state index in [-0.39, 0.29) is 6.04 Å². The van der Waals surface area contributed by atoms with Crippen LogP contribution < -0.4 is 4.90 Å². The molecular weight excluding hydrogens is 190 g/mol. The first-order chi connectivity index (χ1) is 7.19. The van der Waals surface area contributed by atoms with Crippen LogP contribution in [-0.2, 0) is 4.74 Å². The van der Waals surface area contributed by atoms with Crippen LogP contribution in [0.5, 0.6) is 0 Å². The molecular formula is C11H15N3O. The predicted molar refractivity (Wildman–Crippen MR) is 58.7 cm³/mol. The van der Waals surface area contributed by atoms with E-state index in [1.807, 2.05) is 24.1 Å². The van der Waals surface area contributed by atoms with Gasteiger partial charge in [0.05, 0.1) is 18.2 Å². The Bertz CT molecular complexity index is 342. The first-order valence-electron chi connectivity index (χ1n) is 4.77. The molecule has 0 fully saturated rings. The zero-order valence-corrected chi connectivity index (χ0v) is 9.27. The van der Waals surface area contributed by atoms with Gasteiger partial charge in [-0.3, -0.25) is 0 Å². The molecule has 0 amide bonds. The minimum atomic E-state index is 0.260. The summed E-state index contributed by atoms with van der Waals surface area (Å²) in [5.74, 6) is 0.846. The smallest absolute Gasteiger partial charge is 0.128 e. The summed E-state index contributed by atoms with van der Waals surface area (Å²) in [4.78, 5) is 6.22. The van der Waals surface area contributed by atoms with Gasteiger partial charge in [0.25, 0.3) is 0 Å². The third-order valence-corrected chi connectivity index (χ3v) is 2.31. The molecule has 1 aromatic rings. The average molecular weight is 205 g/mol. The fraction of sp³-hybridized carbons (Fsp3) is 0.455. The molecule has 4 nitrogen and oxygen atoms in total. The first kappa shape index (κ1) is 11.5. The van der Waals surface area contributed by atoms with E-state index in [4.69, 9.17) is 10.00 Å². The zero-order chi connectivity index (χ0) is 11.3. The number of ether oxygens (including phenoxy) is 1. The molecule has 0 spiro atoms. The second kappa shape index (κ2) is 5.32. The number of pyridine rings is 1. The van der Waals surface area contributed by atoms with Gasteiger partial charge in [0.2, 0.25) is 0 Å². The van der Waals surface area contributed by atoms with Crippen LogP contribution in [0.25, 0.3) is 0 Å². The van der Waals surface area contributed by atoms with E-state index in [1.54, 1.807) is 19.4 Å². The Kier molecular flexibility index (Phi) is 4.07. The quantitative estimate of drug-likeness (QED) is 0.746. The van der Waals surface area contributed by atoms with Crippen LogP contribution in [0.4, 0.5) is 5.82 Å². The van der Waals surface area contributed by atoms with E-state index in [0.717, 1.165) is 5.82 Å². The minimum absolute atomic E-state index is 0.260. The molecule has 1 heterocycles. The van der Waals surface area contributed by atoms with Gasteiger partial charge in [-0.05, 0) is 19.1 Å². The molecule has 80 valence electrons. The fourth-order valence-corrected chi connectivity index (χ4v) is 1.24. The second-order valence-electron chi connectivity index (χ2n) is 3.43. The van der Waals surface area contributed by atoms with E-state index >= 15 is 0 Å². The maximum atomic E-state index is 8.64. The molecule has 1 unspecified atom stereocenters. The number of hydrogen-bond donors (Lipinski definition) is 0. The Balaban J connectivity index is 2.74. The van der Waals surface area contributed by atoms with Crippen molar-refractivity contribution in [3.05, 3.63) is 23.9 Å². The molecule has 0 saturated heterocycles. The Hall–Kier alpha value is -1.60. The molecule has 1 aromatic heterocycles. The van der Waals surface area contributed by atoms with Crippen molar-refractivity contribution in [1.29, 1.82) is 5.26 Å². The molecule has 0 aromatic carbocycles. The summed E-state index contributed by atoms with van der Waals surface area (Å²) in [5, 5.41) is 8.64. The van der Waals surface area contributed by atoms with Crippen LogP contribution >= 0.6 is 0 Å². The van der Waals surface area contributed by atoms with Gasteiger partial charge >= 0.3 is 0 Å². The van der Waals surface area contributed by atoms with Crippen LogP contribution in [0, 0.1) is 11.3 Å². The molecule has 0 radical (unpaired) electrons. The molecule has 0 saturated carbocycles. The zero-order valence-electron chi connectivity index (χ0n) is 9.27. The first-order valence-corrected chi connectivity index (χ1v) is 4.77. The topological polar surface area (TPSA) is 49.1 Å². The highest BCUT2D eigenvalue weighted by molar-refractivity contribution is 5.41. The summed E-state index contributed by atoms with van der Waals surface area (Å²) >= 11 is 0. The van der Waals surface area contributed by atoms with Crippen molar-refractivity contribution < 1.29 is 4.74 Å². The van der Waals surface area contributed by atoms with E-state index in [0.29, 0.717) is 12.2 Å². The number of hydrogen-bond acceptors (Lipinski definition) is 4. The van der Waals surface area contributed by atoms with Crippen LogP contribution in [0.15, 0.2) is 18.3 Å². The van der Waals surface area contributed by atoms with Gasteiger partial charge in [-0.1, -0.05) is 0 Å². The summed E-state index contributed by atoms with van der Waals surface area (Å²) < 4.78 is 5.07. The molecule has 0 aliphatic carbocycles. The summed E-state index contributed by atoms with van der Waals surface area (Å²) in [5.41, 5.74) is 0.576. The number of anilines is 1. The summed E-state index contributed by atoms with van der Waals surface area (Å²) in [6.07, 6.45) is 1.57. The normalized spacial score (nSPS) is 11.9. The van der Waals surface area contributed by atoms with E-state index < -0.39 is 0 Å². The van der Waals surface area contributed by atoms with Gasteiger partial charge in [0, 0.05) is 20.4 Å². The molecule has 1 rings (SSSR count). The van der Waals surface area contributed by atoms with Crippen molar-refractivity contribution in [2.75, 3.05) is 25.7 Å². The number of likely N-dealkylation sites (N-methyl/N-ethyl adjacent to an activating group) is 1. The molecule has 0 aliphatic rings. The van der Waals surface area contributed by atoms with E-state index in [1.165, 1.54) is 0 Å². The van der Waals surface area contributed by atoms with Crippen molar-refractivity contribution in [1.82, 2.24) is 4.98 Å². The fourth-order valence-electron chi connectivity index (χ4n) is 1.24. The van der Waals surface area contributed by atoms with Crippen LogP contribution in [-0.4, -0.2) is 31.8 Å². The maximum Gasteiger partial charge on any atom is 0.128 e. The maximum absolute atomic E-state index is 8.64. The van der Waals surface area contributed by atoms with Gasteiger partial charge in [-0.25, -0.2) is 4.98 Å². The van der Waals surface area contributed by atoms with Crippen LogP contribution in [0.3, 0.4) is 0 Å². The summed E-state index contributed by atoms with van der Waals surface area (Å²) in [7, 11) is 3.63. The van der Waals surface area contributed by atoms with Gasteiger partial charge in [0.1, 0.15) is 11.9 Å². The minimum Gasteiger partial charge on any atom is -0.383 e. The van der Waals surface area contributed by atoms with Gasteiger partial charge < -0.3 is 9.64 Å². The summed E-state index contributed by atoms with van der Waals surface area (Å²) in [6, 6.07) is 5.90. The van der Waals surface area contributed by atoms with E-state index in [2.05, 4.69) is 11.9 Å². The second-order valence-corrected chi connectivity index (χ2v) is 3.43. The van der Waals surface area contributed by atoms with Crippen molar-refractivity contribution >= 4 is 5.82 Å². The van der Waals surface area contributed by atoms with Crippen LogP contribution in [0.1, 0.15) is 12.5 Å². The predicted octanol–water partition coefficient (Wildman–Crippen LogP) is 1.42. The Morgan fingerprint density at radius 1 is 1.60 bits per heavy atom. The highest BCUT2D eigenvalue weighted by Gasteiger charge is 2.10. The Morgan fingerprint density at radius 2 is 2.33 bits per heavy atom. The molecule has 15 heavy (non-hydrogen) atoms. The molecule has 1 atom stereocenters. The highest BCUT2D eigenvalue weighted by Crippen LogP contribution is 2.12. The Morgan fingerprint density at radius 3 is 2.80 bits per heavy atom. The standard InChI is InChI=1S/C11H15N3O/c1-9(8-15-3)14(2)11-5-4-10(6-12)7-13-11/h4-5,7,9H,8H2,1-3H3. The van der Waals surface area contributed by atoms with E-state index in [9.17, 15) is 0 Å². The third kappa shape index (κ3) is 2.93. The molecule has 0 N–H and O–H groups in total. The lowest BCUT2D eigenvalue weighted by Gasteiger charge is -2.25. The number of nitriles is 1. The lowest BCUT2D eigenvalue weighted by atomic mass is 10.2. The number of rotatable bonds is 4. The monoisotopic (exact) mass is 205 g/mol. The van der Waals surface area contributed by atoms with Crippen molar-refractivity contribution in [2.45, 2.75) is 13.0 Å². The Labute approximate surface area is 90.1 Å². The van der Waals surface area contributed by atoms with Gasteiger partial charge in [-0.2, -0.15) is 5.26 Å². The highest BCUT2D eigenvalue weighted by atomic mass is 16.5. The van der Waals surface area contributed by atoms with Gasteiger partial charge in [-0.15, -0.1) is 0 Å². The molecule has 4 heteroatoms. The number of methoxy groups -OCH3 is 1. The third-order valence-electron chi connectivity index (χ3n) is 2.31. The van der Waals surface area contributed by atoms with Crippen molar-refractivity contribution in [3.63, 3.8) is 0 Å². The van der Waals surface area contributed by atoms with Crippen LogP contribution in [0.2, 0.25) is 0 Å². The lowest BCUT2D eigenvalue weighted by molar-refractivity contribution is 0.183. The average Bonchev–Trinajstić information content (AvgIpc) is 2.28. The number of aromatic nitrogens is 1. The van der Waals surface area contributed by atoms with Crippen molar-refractivity contribution in [3.8, 4) is 6.07 Å². The lowest BCUT2D eigenvalue weighted by Crippen LogP contribution is -2.33. The van der Waals surface area contributed by atoms with Crippen molar-refractivity contribution in [2.24, 2.45) is 0 Å². The van der Waals surface area contributed by atoms with Gasteiger partial charge in [0.15, 0.2) is 0 Å². The number of nitrogens with zero attached hydrogens (tertiary/aromatic N) is 3.